The first-order valence-corrected chi connectivity index (χ1v) is 6.35. The van der Waals surface area contributed by atoms with Crippen molar-refractivity contribution in [3.63, 3.8) is 0 Å². The summed E-state index contributed by atoms with van der Waals surface area (Å²) in [6, 6.07) is 12.4. The van der Waals surface area contributed by atoms with E-state index < -0.39 is 5.97 Å². The van der Waals surface area contributed by atoms with Crippen LogP contribution in [0.25, 0.3) is 6.08 Å². The zero-order chi connectivity index (χ0) is 14.8. The maximum absolute atomic E-state index is 11.1. The highest BCUT2D eigenvalue weighted by atomic mass is 16.7. The normalized spacial score (nSPS) is 12.5. The van der Waals surface area contributed by atoms with Crippen LogP contribution in [-0.4, -0.2) is 18.2 Å². The number of benzene rings is 2. The third-order valence-corrected chi connectivity index (χ3v) is 3.18. The van der Waals surface area contributed by atoms with E-state index in [9.17, 15) is 4.79 Å². The summed E-state index contributed by atoms with van der Waals surface area (Å²) >= 11 is 0. The Kier molecular flexibility index (Phi) is 3.23. The lowest BCUT2D eigenvalue weighted by atomic mass is 10.1. The molecule has 1 N–H and O–H groups in total. The topological polar surface area (TPSA) is 59.0 Å². The summed E-state index contributed by atoms with van der Waals surface area (Å²) in [4.78, 5) is 16.9. The predicted octanol–water partition coefficient (Wildman–Crippen LogP) is 3.18. The molecule has 3 rings (SSSR count). The van der Waals surface area contributed by atoms with E-state index in [1.165, 1.54) is 13.2 Å². The molecule has 0 amide bonds. The van der Waals surface area contributed by atoms with Crippen molar-refractivity contribution in [2.45, 2.75) is 0 Å². The van der Waals surface area contributed by atoms with Crippen molar-refractivity contribution < 1.29 is 19.5 Å². The van der Waals surface area contributed by atoms with Crippen molar-refractivity contribution in [1.29, 1.82) is 0 Å². The molecule has 0 fully saturated rings. The van der Waals surface area contributed by atoms with E-state index in [1.807, 2.05) is 30.3 Å². The molecular formula is C16H13NO4. The number of carboxylic acid groups (broad SMARTS) is 1. The van der Waals surface area contributed by atoms with Gasteiger partial charge in [0.05, 0.1) is 12.8 Å². The highest BCUT2D eigenvalue weighted by molar-refractivity contribution is 5.91. The summed E-state index contributed by atoms with van der Waals surface area (Å²) in [5.41, 5.74) is 1.79. The van der Waals surface area contributed by atoms with Gasteiger partial charge in [0.15, 0.2) is 5.75 Å². The van der Waals surface area contributed by atoms with Crippen LogP contribution in [0, 0.1) is 0 Å². The van der Waals surface area contributed by atoms with Crippen LogP contribution in [0.3, 0.4) is 0 Å². The quantitative estimate of drug-likeness (QED) is 0.937. The molecule has 0 unspecified atom stereocenters. The summed E-state index contributed by atoms with van der Waals surface area (Å²) in [5, 5.41) is 10.7. The number of fused-ring (bicyclic) bond motifs is 1. The molecule has 1 aliphatic rings. The molecule has 0 saturated heterocycles. The molecule has 0 aromatic heterocycles. The van der Waals surface area contributed by atoms with Crippen molar-refractivity contribution in [1.82, 2.24) is 0 Å². The van der Waals surface area contributed by atoms with Crippen LogP contribution in [0.15, 0.2) is 48.7 Å². The van der Waals surface area contributed by atoms with Crippen molar-refractivity contribution in [3.05, 3.63) is 59.8 Å². The molecule has 21 heavy (non-hydrogen) atoms. The average molecular weight is 283 g/mol. The standard InChI is InChI=1S/C16H13NO4/c1-20-15-10-12(6-7-13(15)16(18)19)17-9-8-11-4-2-3-5-14(11)21-17/h2-10H,1H3,(H,18,19). The zero-order valence-electron chi connectivity index (χ0n) is 11.3. The number of aromatic carboxylic acids is 1. The number of hydrogen-bond donors (Lipinski definition) is 1. The molecule has 2 aromatic carbocycles. The van der Waals surface area contributed by atoms with Gasteiger partial charge in [-0.15, -0.1) is 0 Å². The van der Waals surface area contributed by atoms with E-state index in [-0.39, 0.29) is 11.3 Å². The Morgan fingerprint density at radius 2 is 2.05 bits per heavy atom. The molecule has 0 bridgehead atoms. The van der Waals surface area contributed by atoms with Gasteiger partial charge in [-0.3, -0.25) is 0 Å². The monoisotopic (exact) mass is 283 g/mol. The van der Waals surface area contributed by atoms with Gasteiger partial charge >= 0.3 is 5.97 Å². The molecule has 0 saturated carbocycles. The van der Waals surface area contributed by atoms with Gasteiger partial charge in [0, 0.05) is 17.8 Å². The van der Waals surface area contributed by atoms with Crippen LogP contribution < -0.4 is 14.6 Å². The van der Waals surface area contributed by atoms with Gasteiger partial charge < -0.3 is 14.7 Å². The fourth-order valence-electron chi connectivity index (χ4n) is 2.12. The van der Waals surface area contributed by atoms with Crippen LogP contribution in [0.2, 0.25) is 0 Å². The van der Waals surface area contributed by atoms with Crippen LogP contribution in [0.5, 0.6) is 11.5 Å². The first-order chi connectivity index (χ1) is 10.2. The Labute approximate surface area is 121 Å². The van der Waals surface area contributed by atoms with Gasteiger partial charge in [0.2, 0.25) is 0 Å². The fourth-order valence-corrected chi connectivity index (χ4v) is 2.12. The number of rotatable bonds is 3. The molecule has 0 atom stereocenters. The first kappa shape index (κ1) is 13.1. The SMILES string of the molecule is COc1cc(N2C=Cc3ccccc3O2)ccc1C(=O)O. The number of hydrogen-bond acceptors (Lipinski definition) is 4. The van der Waals surface area contributed by atoms with Crippen molar-refractivity contribution >= 4 is 17.7 Å². The molecule has 1 heterocycles. The summed E-state index contributed by atoms with van der Waals surface area (Å²) in [6.07, 6.45) is 3.70. The third kappa shape index (κ3) is 2.41. The molecule has 106 valence electrons. The Morgan fingerprint density at radius 3 is 2.81 bits per heavy atom. The first-order valence-electron chi connectivity index (χ1n) is 6.35. The second-order valence-electron chi connectivity index (χ2n) is 4.46. The summed E-state index contributed by atoms with van der Waals surface area (Å²) in [7, 11) is 1.44. The van der Waals surface area contributed by atoms with Gasteiger partial charge in [-0.2, -0.15) is 5.06 Å². The van der Waals surface area contributed by atoms with Gasteiger partial charge in [-0.05, 0) is 24.3 Å². The number of carboxylic acids is 1. The maximum Gasteiger partial charge on any atom is 0.339 e. The van der Waals surface area contributed by atoms with E-state index in [1.54, 1.807) is 23.4 Å². The zero-order valence-corrected chi connectivity index (χ0v) is 11.3. The Bertz CT molecular complexity index is 724. The average Bonchev–Trinajstić information content (AvgIpc) is 2.53. The van der Waals surface area contributed by atoms with E-state index >= 15 is 0 Å². The highest BCUT2D eigenvalue weighted by Crippen LogP contribution is 2.31. The number of ether oxygens (including phenoxy) is 1. The number of hydroxylamine groups is 1. The molecule has 0 spiro atoms. The number of methoxy groups -OCH3 is 1. The minimum absolute atomic E-state index is 0.114. The van der Waals surface area contributed by atoms with Crippen LogP contribution in [0.1, 0.15) is 15.9 Å². The van der Waals surface area contributed by atoms with Crippen LogP contribution in [0.4, 0.5) is 5.69 Å². The Morgan fingerprint density at radius 1 is 1.24 bits per heavy atom. The predicted molar refractivity (Wildman–Crippen MR) is 78.5 cm³/mol. The molecular weight excluding hydrogens is 270 g/mol. The largest absolute Gasteiger partial charge is 0.496 e. The molecule has 5 nitrogen and oxygen atoms in total. The highest BCUT2D eigenvalue weighted by Gasteiger charge is 2.17. The molecule has 1 aliphatic heterocycles. The third-order valence-electron chi connectivity index (χ3n) is 3.18. The van der Waals surface area contributed by atoms with Crippen molar-refractivity contribution in [2.75, 3.05) is 12.2 Å². The van der Waals surface area contributed by atoms with Gasteiger partial charge in [0.25, 0.3) is 0 Å². The number of anilines is 1. The molecule has 2 aromatic rings. The fraction of sp³-hybridized carbons (Fsp3) is 0.0625. The van der Waals surface area contributed by atoms with E-state index in [4.69, 9.17) is 14.7 Å². The van der Waals surface area contributed by atoms with Crippen molar-refractivity contribution in [2.24, 2.45) is 0 Å². The van der Waals surface area contributed by atoms with E-state index in [2.05, 4.69) is 0 Å². The lowest BCUT2D eigenvalue weighted by molar-refractivity contribution is 0.0693. The van der Waals surface area contributed by atoms with Gasteiger partial charge in [0.1, 0.15) is 11.3 Å². The second kappa shape index (κ2) is 5.20. The Hall–Kier alpha value is -2.95. The number of carbonyl (C=O) groups is 1. The second-order valence-corrected chi connectivity index (χ2v) is 4.46. The van der Waals surface area contributed by atoms with Gasteiger partial charge in [-0.1, -0.05) is 18.2 Å². The smallest absolute Gasteiger partial charge is 0.339 e. The lowest BCUT2D eigenvalue weighted by Crippen LogP contribution is -2.23. The molecule has 0 radical (unpaired) electrons. The minimum Gasteiger partial charge on any atom is -0.496 e. The molecule has 5 heteroatoms. The summed E-state index contributed by atoms with van der Waals surface area (Å²) < 4.78 is 5.12. The van der Waals surface area contributed by atoms with Crippen LogP contribution >= 0.6 is 0 Å². The minimum atomic E-state index is -1.03. The number of para-hydroxylation sites is 1. The maximum atomic E-state index is 11.1. The summed E-state index contributed by atoms with van der Waals surface area (Å²) in [6.45, 7) is 0. The van der Waals surface area contributed by atoms with E-state index in [0.29, 0.717) is 5.69 Å². The van der Waals surface area contributed by atoms with Gasteiger partial charge in [-0.25, -0.2) is 4.79 Å². The number of nitrogens with zero attached hydrogens (tertiary/aromatic N) is 1. The Balaban J connectivity index is 1.94. The van der Waals surface area contributed by atoms with Crippen LogP contribution in [-0.2, 0) is 0 Å². The lowest BCUT2D eigenvalue weighted by Gasteiger charge is -2.25. The molecule has 0 aliphatic carbocycles. The summed E-state index contributed by atoms with van der Waals surface area (Å²) in [5.74, 6) is -0.00372. The van der Waals surface area contributed by atoms with E-state index in [0.717, 1.165) is 11.3 Å². The van der Waals surface area contributed by atoms with Crippen molar-refractivity contribution in [3.8, 4) is 11.5 Å².